The van der Waals surface area contributed by atoms with Crippen molar-refractivity contribution in [3.63, 3.8) is 0 Å². The second kappa shape index (κ2) is 4.64. The van der Waals surface area contributed by atoms with Gasteiger partial charge in [0.25, 0.3) is 10.0 Å². The Balaban J connectivity index is 1.87. The highest BCUT2D eigenvalue weighted by molar-refractivity contribution is 7.94. The first-order valence-corrected chi connectivity index (χ1v) is 8.66. The fraction of sp³-hybridized carbons (Fsp3) is 0.286. The minimum atomic E-state index is -3.57. The smallest absolute Gasteiger partial charge is 0.271 e. The molecule has 112 valence electrons. The third kappa shape index (κ3) is 2.84. The molecular weight excluding hydrogens is 310 g/mol. The summed E-state index contributed by atoms with van der Waals surface area (Å²) in [5.74, 6) is 0.405. The van der Waals surface area contributed by atoms with Crippen molar-refractivity contribution in [1.82, 2.24) is 0 Å². The Labute approximate surface area is 127 Å². The van der Waals surface area contributed by atoms with Crippen molar-refractivity contribution < 1.29 is 17.9 Å². The van der Waals surface area contributed by atoms with Gasteiger partial charge in [0, 0.05) is 24.8 Å². The van der Waals surface area contributed by atoms with E-state index in [4.69, 9.17) is 9.47 Å². The van der Waals surface area contributed by atoms with Crippen LogP contribution in [0.4, 0.5) is 5.69 Å². The number of thiophene rings is 1. The normalized spacial score (nSPS) is 16.0. The zero-order valence-corrected chi connectivity index (χ0v) is 13.5. The van der Waals surface area contributed by atoms with Crippen LogP contribution in [-0.4, -0.2) is 14.2 Å². The van der Waals surface area contributed by atoms with E-state index >= 15 is 0 Å². The molecule has 0 aliphatic carbocycles. The summed E-state index contributed by atoms with van der Waals surface area (Å²) < 4.78 is 38.6. The highest BCUT2D eigenvalue weighted by Crippen LogP contribution is 2.41. The number of ether oxygens (including phenoxy) is 2. The van der Waals surface area contributed by atoms with Crippen molar-refractivity contribution in [1.29, 1.82) is 0 Å². The minimum absolute atomic E-state index is 0.290. The predicted octanol–water partition coefficient (Wildman–Crippen LogP) is 3.36. The van der Waals surface area contributed by atoms with E-state index in [0.29, 0.717) is 17.2 Å². The van der Waals surface area contributed by atoms with E-state index in [9.17, 15) is 8.42 Å². The number of fused-ring (bicyclic) bond motifs is 1. The summed E-state index contributed by atoms with van der Waals surface area (Å²) in [5.41, 5.74) is 0.445. The third-order valence-electron chi connectivity index (χ3n) is 2.89. The van der Waals surface area contributed by atoms with Gasteiger partial charge >= 0.3 is 0 Å². The summed E-state index contributed by atoms with van der Waals surface area (Å²) in [7, 11) is -3.57. The van der Waals surface area contributed by atoms with Gasteiger partial charge < -0.3 is 9.47 Å². The molecule has 1 aliphatic heterocycles. The van der Waals surface area contributed by atoms with E-state index in [2.05, 4.69) is 4.72 Å². The Hall–Kier alpha value is -1.73. The van der Waals surface area contributed by atoms with Crippen molar-refractivity contribution in [2.24, 2.45) is 0 Å². The first kappa shape index (κ1) is 14.2. The minimum Gasteiger partial charge on any atom is -0.449 e. The lowest BCUT2D eigenvalue weighted by molar-refractivity contribution is -0.0431. The molecule has 1 aromatic carbocycles. The van der Waals surface area contributed by atoms with Crippen LogP contribution in [0.5, 0.6) is 11.5 Å². The van der Waals surface area contributed by atoms with Gasteiger partial charge in [-0.25, -0.2) is 8.42 Å². The maximum Gasteiger partial charge on any atom is 0.271 e. The fourth-order valence-electron chi connectivity index (χ4n) is 2.05. The molecule has 0 fully saturated rings. The highest BCUT2D eigenvalue weighted by Gasteiger charge is 2.32. The number of hydrogen-bond donors (Lipinski definition) is 1. The van der Waals surface area contributed by atoms with Gasteiger partial charge in [0.2, 0.25) is 5.79 Å². The van der Waals surface area contributed by atoms with Crippen LogP contribution < -0.4 is 14.2 Å². The SMILES string of the molecule is Cc1ccc(S(=O)(=O)Nc2ccc3c(c2)OC(C)(C)O3)s1. The molecule has 1 aromatic heterocycles. The van der Waals surface area contributed by atoms with Gasteiger partial charge in [-0.05, 0) is 31.2 Å². The van der Waals surface area contributed by atoms with Crippen LogP contribution in [0.3, 0.4) is 0 Å². The van der Waals surface area contributed by atoms with Gasteiger partial charge in [0.05, 0.1) is 5.69 Å². The first-order chi connectivity index (χ1) is 9.75. The standard InChI is InChI=1S/C14H15NO4S2/c1-9-4-7-13(20-9)21(16,17)15-10-5-6-11-12(8-10)19-14(2,3)18-11/h4-8,15H,1-3H3. The summed E-state index contributed by atoms with van der Waals surface area (Å²) in [6, 6.07) is 8.35. The average molecular weight is 325 g/mol. The number of hydrogen-bond acceptors (Lipinski definition) is 5. The summed E-state index contributed by atoms with van der Waals surface area (Å²) in [4.78, 5) is 0.947. The summed E-state index contributed by atoms with van der Waals surface area (Å²) >= 11 is 1.23. The molecule has 1 aliphatic rings. The van der Waals surface area contributed by atoms with Gasteiger partial charge in [-0.1, -0.05) is 0 Å². The summed E-state index contributed by atoms with van der Waals surface area (Å²) in [5, 5.41) is 0. The topological polar surface area (TPSA) is 64.6 Å². The van der Waals surface area contributed by atoms with Crippen LogP contribution in [-0.2, 0) is 10.0 Å². The van der Waals surface area contributed by atoms with Crippen LogP contribution >= 0.6 is 11.3 Å². The Morgan fingerprint density at radius 2 is 1.81 bits per heavy atom. The molecule has 0 unspecified atom stereocenters. The molecule has 0 bridgehead atoms. The maximum atomic E-state index is 12.3. The number of aryl methyl sites for hydroxylation is 1. The quantitative estimate of drug-likeness (QED) is 0.940. The molecule has 21 heavy (non-hydrogen) atoms. The highest BCUT2D eigenvalue weighted by atomic mass is 32.2. The fourth-order valence-corrected chi connectivity index (χ4v) is 4.38. The zero-order chi connectivity index (χ0) is 15.3. The molecule has 3 rings (SSSR count). The van der Waals surface area contributed by atoms with E-state index in [-0.39, 0.29) is 4.21 Å². The summed E-state index contributed by atoms with van der Waals surface area (Å²) in [6.07, 6.45) is 0. The van der Waals surface area contributed by atoms with E-state index in [1.165, 1.54) is 11.3 Å². The third-order valence-corrected chi connectivity index (χ3v) is 5.76. The second-order valence-electron chi connectivity index (χ2n) is 5.24. The van der Waals surface area contributed by atoms with Gasteiger partial charge in [-0.2, -0.15) is 0 Å². The van der Waals surface area contributed by atoms with Crippen molar-refractivity contribution in [2.75, 3.05) is 4.72 Å². The summed E-state index contributed by atoms with van der Waals surface area (Å²) in [6.45, 7) is 5.46. The molecule has 2 aromatic rings. The predicted molar refractivity (Wildman–Crippen MR) is 81.6 cm³/mol. The molecular formula is C14H15NO4S2. The monoisotopic (exact) mass is 325 g/mol. The van der Waals surface area contributed by atoms with Gasteiger partial charge in [0.15, 0.2) is 11.5 Å². The second-order valence-corrected chi connectivity index (χ2v) is 8.43. The lowest BCUT2D eigenvalue weighted by Gasteiger charge is -2.16. The van der Waals surface area contributed by atoms with Crippen LogP contribution in [0.1, 0.15) is 18.7 Å². The number of sulfonamides is 1. The van der Waals surface area contributed by atoms with Crippen molar-refractivity contribution in [3.8, 4) is 11.5 Å². The van der Waals surface area contributed by atoms with E-state index < -0.39 is 15.8 Å². The Kier molecular flexibility index (Phi) is 3.14. The zero-order valence-electron chi connectivity index (χ0n) is 11.8. The van der Waals surface area contributed by atoms with Crippen LogP contribution in [0.15, 0.2) is 34.5 Å². The molecule has 0 radical (unpaired) electrons. The van der Waals surface area contributed by atoms with Gasteiger partial charge in [0.1, 0.15) is 4.21 Å². The molecule has 0 spiro atoms. The molecule has 7 heteroatoms. The molecule has 2 heterocycles. The Morgan fingerprint density at radius 3 is 2.48 bits per heavy atom. The van der Waals surface area contributed by atoms with Crippen molar-refractivity contribution >= 4 is 27.0 Å². The van der Waals surface area contributed by atoms with Gasteiger partial charge in [-0.3, -0.25) is 4.72 Å². The first-order valence-electron chi connectivity index (χ1n) is 6.37. The molecule has 5 nitrogen and oxygen atoms in total. The molecule has 0 amide bonds. The van der Waals surface area contributed by atoms with Gasteiger partial charge in [-0.15, -0.1) is 11.3 Å². The maximum absolute atomic E-state index is 12.3. The largest absolute Gasteiger partial charge is 0.449 e. The van der Waals surface area contributed by atoms with E-state index in [1.807, 2.05) is 6.92 Å². The average Bonchev–Trinajstić information content (AvgIpc) is 2.90. The van der Waals surface area contributed by atoms with Crippen molar-refractivity contribution in [3.05, 3.63) is 35.2 Å². The molecule has 0 saturated heterocycles. The van der Waals surface area contributed by atoms with Crippen molar-refractivity contribution in [2.45, 2.75) is 30.8 Å². The number of nitrogens with one attached hydrogen (secondary N) is 1. The number of benzene rings is 1. The lowest BCUT2D eigenvalue weighted by Crippen LogP contribution is -2.29. The Morgan fingerprint density at radius 1 is 1.10 bits per heavy atom. The number of rotatable bonds is 3. The number of anilines is 1. The van der Waals surface area contributed by atoms with Crippen LogP contribution in [0.25, 0.3) is 0 Å². The molecule has 1 N–H and O–H groups in total. The van der Waals surface area contributed by atoms with Crippen LogP contribution in [0.2, 0.25) is 0 Å². The van der Waals surface area contributed by atoms with E-state index in [0.717, 1.165) is 4.88 Å². The van der Waals surface area contributed by atoms with E-state index in [1.54, 1.807) is 44.2 Å². The molecule has 0 saturated carbocycles. The Bertz CT molecular complexity index is 793. The lowest BCUT2D eigenvalue weighted by atomic mass is 10.3. The van der Waals surface area contributed by atoms with Crippen LogP contribution in [0, 0.1) is 6.92 Å². The molecule has 0 atom stereocenters.